The Balaban J connectivity index is 2.22. The summed E-state index contributed by atoms with van der Waals surface area (Å²) in [4.78, 5) is 8.93. The molecule has 1 aromatic carbocycles. The monoisotopic (exact) mass is 286 g/mol. The summed E-state index contributed by atoms with van der Waals surface area (Å²) in [6.45, 7) is 2.11. The van der Waals surface area contributed by atoms with E-state index in [2.05, 4.69) is 27.5 Å². The first-order chi connectivity index (χ1) is 10.3. The predicted molar refractivity (Wildman–Crippen MR) is 85.5 cm³/mol. The fourth-order valence-corrected chi connectivity index (χ4v) is 2.13. The van der Waals surface area contributed by atoms with Gasteiger partial charge in [0.2, 0.25) is 0 Å². The van der Waals surface area contributed by atoms with Gasteiger partial charge in [-0.3, -0.25) is 0 Å². The molecule has 5 heteroatoms. The Labute approximate surface area is 125 Å². The molecule has 1 heterocycles. The van der Waals surface area contributed by atoms with Crippen molar-refractivity contribution in [3.63, 3.8) is 0 Å². The number of hydrogen-bond donors (Lipinski definition) is 3. The van der Waals surface area contributed by atoms with Crippen molar-refractivity contribution >= 4 is 11.6 Å². The van der Waals surface area contributed by atoms with E-state index < -0.39 is 0 Å². The molecule has 0 radical (unpaired) electrons. The van der Waals surface area contributed by atoms with E-state index in [1.165, 1.54) is 0 Å². The van der Waals surface area contributed by atoms with Crippen molar-refractivity contribution in [2.75, 3.05) is 24.3 Å². The standard InChI is InChI=1S/C16H22N4O/c1-3-7-14-19-15(17-2)10-16(20-14)18-13(11-21)12-8-5-4-6-9-12/h4-6,8-10,13,21H,3,7,11H2,1-2H3,(H2,17,18,19,20). The van der Waals surface area contributed by atoms with Gasteiger partial charge in [0.15, 0.2) is 0 Å². The number of aromatic nitrogens is 2. The lowest BCUT2D eigenvalue weighted by molar-refractivity contribution is 0.276. The van der Waals surface area contributed by atoms with E-state index in [4.69, 9.17) is 0 Å². The van der Waals surface area contributed by atoms with Gasteiger partial charge in [-0.25, -0.2) is 9.97 Å². The molecule has 1 unspecified atom stereocenters. The second-order valence-electron chi connectivity index (χ2n) is 4.84. The van der Waals surface area contributed by atoms with Gasteiger partial charge in [0.05, 0.1) is 12.6 Å². The molecule has 1 atom stereocenters. The summed E-state index contributed by atoms with van der Waals surface area (Å²) in [6.07, 6.45) is 1.83. The molecular formula is C16H22N4O. The Bertz CT molecular complexity index is 559. The van der Waals surface area contributed by atoms with E-state index in [-0.39, 0.29) is 12.6 Å². The Morgan fingerprint density at radius 1 is 1.14 bits per heavy atom. The van der Waals surface area contributed by atoms with E-state index >= 15 is 0 Å². The molecule has 0 bridgehead atoms. The van der Waals surface area contributed by atoms with E-state index in [0.717, 1.165) is 35.9 Å². The van der Waals surface area contributed by atoms with Crippen molar-refractivity contribution in [1.29, 1.82) is 0 Å². The first-order valence-corrected chi connectivity index (χ1v) is 7.24. The predicted octanol–water partition coefficient (Wildman–Crippen LogP) is 2.62. The van der Waals surface area contributed by atoms with Gasteiger partial charge in [-0.05, 0) is 12.0 Å². The average Bonchev–Trinajstić information content (AvgIpc) is 2.53. The first-order valence-electron chi connectivity index (χ1n) is 7.24. The second-order valence-corrected chi connectivity index (χ2v) is 4.84. The first kappa shape index (κ1) is 15.3. The average molecular weight is 286 g/mol. The fourth-order valence-electron chi connectivity index (χ4n) is 2.13. The molecule has 2 rings (SSSR count). The zero-order valence-electron chi connectivity index (χ0n) is 12.5. The highest BCUT2D eigenvalue weighted by molar-refractivity contribution is 5.48. The van der Waals surface area contributed by atoms with Gasteiger partial charge in [-0.1, -0.05) is 37.3 Å². The summed E-state index contributed by atoms with van der Waals surface area (Å²) in [5.41, 5.74) is 1.03. The highest BCUT2D eigenvalue weighted by Gasteiger charge is 2.12. The quantitative estimate of drug-likeness (QED) is 0.730. The minimum absolute atomic E-state index is 0.00597. The van der Waals surface area contributed by atoms with Crippen LogP contribution in [0.3, 0.4) is 0 Å². The van der Waals surface area contributed by atoms with Gasteiger partial charge < -0.3 is 15.7 Å². The van der Waals surface area contributed by atoms with Crippen molar-refractivity contribution in [2.45, 2.75) is 25.8 Å². The van der Waals surface area contributed by atoms with Crippen molar-refractivity contribution in [3.8, 4) is 0 Å². The van der Waals surface area contributed by atoms with Crippen LogP contribution in [-0.4, -0.2) is 28.7 Å². The molecule has 0 aliphatic rings. The number of benzene rings is 1. The molecule has 0 fully saturated rings. The lowest BCUT2D eigenvalue weighted by atomic mass is 10.1. The zero-order chi connectivity index (χ0) is 15.1. The van der Waals surface area contributed by atoms with E-state index in [1.807, 2.05) is 43.4 Å². The third-order valence-electron chi connectivity index (χ3n) is 3.21. The maximum absolute atomic E-state index is 9.62. The van der Waals surface area contributed by atoms with Crippen molar-refractivity contribution in [1.82, 2.24) is 9.97 Å². The highest BCUT2D eigenvalue weighted by Crippen LogP contribution is 2.20. The number of nitrogens with one attached hydrogen (secondary N) is 2. The summed E-state index contributed by atoms with van der Waals surface area (Å²) in [7, 11) is 1.84. The molecule has 0 saturated heterocycles. The van der Waals surface area contributed by atoms with Gasteiger partial charge in [-0.2, -0.15) is 0 Å². The zero-order valence-corrected chi connectivity index (χ0v) is 12.5. The summed E-state index contributed by atoms with van der Waals surface area (Å²) in [6, 6.07) is 11.5. The molecular weight excluding hydrogens is 264 g/mol. The van der Waals surface area contributed by atoms with Crippen molar-refractivity contribution in [3.05, 3.63) is 47.8 Å². The summed E-state index contributed by atoms with van der Waals surface area (Å²) in [5, 5.41) is 15.9. The van der Waals surface area contributed by atoms with Crippen LogP contribution in [0, 0.1) is 0 Å². The van der Waals surface area contributed by atoms with Gasteiger partial charge in [0, 0.05) is 19.5 Å². The molecule has 2 aromatic rings. The van der Waals surface area contributed by atoms with Gasteiger partial charge in [0.25, 0.3) is 0 Å². The molecule has 0 aliphatic heterocycles. The van der Waals surface area contributed by atoms with Crippen LogP contribution in [-0.2, 0) is 6.42 Å². The van der Waals surface area contributed by atoms with Crippen LogP contribution < -0.4 is 10.6 Å². The number of aliphatic hydroxyl groups excluding tert-OH is 1. The molecule has 0 amide bonds. The van der Waals surface area contributed by atoms with Crippen LogP contribution in [0.15, 0.2) is 36.4 Å². The van der Waals surface area contributed by atoms with Crippen molar-refractivity contribution < 1.29 is 5.11 Å². The molecule has 0 saturated carbocycles. The Morgan fingerprint density at radius 3 is 2.48 bits per heavy atom. The van der Waals surface area contributed by atoms with Gasteiger partial charge >= 0.3 is 0 Å². The fraction of sp³-hybridized carbons (Fsp3) is 0.375. The molecule has 1 aromatic heterocycles. The van der Waals surface area contributed by atoms with Crippen LogP contribution in [0.2, 0.25) is 0 Å². The third kappa shape index (κ3) is 4.16. The molecule has 3 N–H and O–H groups in total. The second kappa shape index (κ2) is 7.59. The van der Waals surface area contributed by atoms with Crippen LogP contribution in [0.25, 0.3) is 0 Å². The summed E-state index contributed by atoms with van der Waals surface area (Å²) in [5.74, 6) is 2.30. The normalized spacial score (nSPS) is 12.0. The van der Waals surface area contributed by atoms with Crippen LogP contribution in [0.1, 0.15) is 30.8 Å². The number of rotatable bonds is 7. The number of hydrogen-bond acceptors (Lipinski definition) is 5. The third-order valence-corrected chi connectivity index (χ3v) is 3.21. The van der Waals surface area contributed by atoms with E-state index in [9.17, 15) is 5.11 Å². The number of aliphatic hydroxyl groups is 1. The van der Waals surface area contributed by atoms with E-state index in [1.54, 1.807) is 0 Å². The van der Waals surface area contributed by atoms with Crippen LogP contribution >= 0.6 is 0 Å². The van der Waals surface area contributed by atoms with E-state index in [0.29, 0.717) is 0 Å². The SMILES string of the molecule is CCCc1nc(NC)cc(NC(CO)c2ccccc2)n1. The Morgan fingerprint density at radius 2 is 1.86 bits per heavy atom. The van der Waals surface area contributed by atoms with Gasteiger partial charge in [-0.15, -0.1) is 0 Å². The summed E-state index contributed by atoms with van der Waals surface area (Å²) >= 11 is 0. The molecule has 5 nitrogen and oxygen atoms in total. The topological polar surface area (TPSA) is 70.1 Å². The Hall–Kier alpha value is -2.14. The molecule has 0 aliphatic carbocycles. The number of nitrogens with zero attached hydrogens (tertiary/aromatic N) is 2. The number of aryl methyl sites for hydroxylation is 1. The van der Waals surface area contributed by atoms with Crippen molar-refractivity contribution in [2.24, 2.45) is 0 Å². The largest absolute Gasteiger partial charge is 0.394 e. The number of anilines is 2. The molecule has 0 spiro atoms. The smallest absolute Gasteiger partial charge is 0.133 e. The molecule has 21 heavy (non-hydrogen) atoms. The molecule has 112 valence electrons. The Kier molecular flexibility index (Phi) is 5.51. The summed E-state index contributed by atoms with van der Waals surface area (Å²) < 4.78 is 0. The van der Waals surface area contributed by atoms with Gasteiger partial charge in [0.1, 0.15) is 17.5 Å². The van der Waals surface area contributed by atoms with Crippen LogP contribution in [0.4, 0.5) is 11.6 Å². The maximum Gasteiger partial charge on any atom is 0.133 e. The highest BCUT2D eigenvalue weighted by atomic mass is 16.3. The lowest BCUT2D eigenvalue weighted by Gasteiger charge is -2.18. The minimum Gasteiger partial charge on any atom is -0.394 e. The van der Waals surface area contributed by atoms with Crippen LogP contribution in [0.5, 0.6) is 0 Å². The maximum atomic E-state index is 9.62. The minimum atomic E-state index is -0.180. The lowest BCUT2D eigenvalue weighted by Crippen LogP contribution is -2.16.